The van der Waals surface area contributed by atoms with Gasteiger partial charge in [0.1, 0.15) is 11.6 Å². The van der Waals surface area contributed by atoms with Crippen molar-refractivity contribution in [1.29, 1.82) is 5.26 Å². The number of hydrogen-bond donors (Lipinski definition) is 1. The fourth-order valence-electron chi connectivity index (χ4n) is 1.95. The zero-order chi connectivity index (χ0) is 15.9. The van der Waals surface area contributed by atoms with Crippen LogP contribution in [0, 0.1) is 11.3 Å². The molecule has 2 aromatic carbocycles. The van der Waals surface area contributed by atoms with Gasteiger partial charge in [-0.05, 0) is 30.7 Å². The van der Waals surface area contributed by atoms with E-state index in [0.29, 0.717) is 11.3 Å². The summed E-state index contributed by atoms with van der Waals surface area (Å²) in [5.74, 6) is -0.693. The van der Waals surface area contributed by atoms with Gasteiger partial charge >= 0.3 is 0 Å². The molecule has 0 fully saturated rings. The number of ketones is 1. The van der Waals surface area contributed by atoms with E-state index in [1.807, 2.05) is 24.3 Å². The zero-order valence-corrected chi connectivity index (χ0v) is 12.0. The lowest BCUT2D eigenvalue weighted by molar-refractivity contribution is -0.112. The molecule has 0 saturated heterocycles. The van der Waals surface area contributed by atoms with Crippen LogP contribution >= 0.6 is 0 Å². The molecule has 0 aliphatic carbocycles. The molecule has 0 heterocycles. The van der Waals surface area contributed by atoms with Gasteiger partial charge in [-0.2, -0.15) is 5.26 Å². The highest BCUT2D eigenvalue weighted by molar-refractivity contribution is 6.12. The normalized spacial score (nSPS) is 10.6. The number of amides is 1. The molecule has 0 aliphatic rings. The maximum atomic E-state index is 12.2. The number of carbonyl (C=O) groups excluding carboxylic acids is 2. The largest absolute Gasteiger partial charge is 0.321 e. The minimum atomic E-state index is -0.542. The van der Waals surface area contributed by atoms with Gasteiger partial charge in [-0.3, -0.25) is 9.59 Å². The quantitative estimate of drug-likeness (QED) is 0.532. The maximum absolute atomic E-state index is 12.2. The molecule has 4 heteroatoms. The number of nitrogens with one attached hydrogen (secondary N) is 1. The van der Waals surface area contributed by atoms with Crippen LogP contribution in [0.1, 0.15) is 22.8 Å². The van der Waals surface area contributed by atoms with Gasteiger partial charge in [-0.25, -0.2) is 0 Å². The van der Waals surface area contributed by atoms with Gasteiger partial charge in [-0.15, -0.1) is 0 Å². The summed E-state index contributed by atoms with van der Waals surface area (Å²) in [6.07, 6.45) is 1.51. The molecule has 4 nitrogen and oxygen atoms in total. The van der Waals surface area contributed by atoms with Crippen LogP contribution in [-0.2, 0) is 4.79 Å². The Morgan fingerprint density at radius 1 is 1.05 bits per heavy atom. The minimum Gasteiger partial charge on any atom is -0.321 e. The van der Waals surface area contributed by atoms with E-state index in [1.54, 1.807) is 36.4 Å². The molecule has 22 heavy (non-hydrogen) atoms. The summed E-state index contributed by atoms with van der Waals surface area (Å²) in [6, 6.07) is 17.7. The number of anilines is 1. The monoisotopic (exact) mass is 290 g/mol. The third-order valence-electron chi connectivity index (χ3n) is 3.03. The van der Waals surface area contributed by atoms with E-state index in [4.69, 9.17) is 5.26 Å². The van der Waals surface area contributed by atoms with Crippen LogP contribution in [0.15, 0.2) is 60.2 Å². The van der Waals surface area contributed by atoms with Gasteiger partial charge in [0.25, 0.3) is 5.91 Å². The van der Waals surface area contributed by atoms with Gasteiger partial charge in [0.2, 0.25) is 0 Å². The predicted octanol–water partition coefficient (Wildman–Crippen LogP) is 3.43. The lowest BCUT2D eigenvalue weighted by atomic mass is 10.1. The fourth-order valence-corrected chi connectivity index (χ4v) is 1.95. The van der Waals surface area contributed by atoms with E-state index >= 15 is 0 Å². The highest BCUT2D eigenvalue weighted by Crippen LogP contribution is 2.17. The van der Waals surface area contributed by atoms with Crippen molar-refractivity contribution in [3.8, 4) is 6.07 Å². The zero-order valence-electron chi connectivity index (χ0n) is 12.0. The van der Waals surface area contributed by atoms with E-state index in [1.165, 1.54) is 13.0 Å². The molecule has 108 valence electrons. The first-order chi connectivity index (χ1) is 10.6. The molecule has 0 spiro atoms. The number of nitriles is 1. The molecule has 0 aliphatic heterocycles. The second kappa shape index (κ2) is 7.00. The van der Waals surface area contributed by atoms with E-state index < -0.39 is 5.91 Å². The van der Waals surface area contributed by atoms with Crippen LogP contribution in [0.2, 0.25) is 0 Å². The average molecular weight is 290 g/mol. The Kier molecular flexibility index (Phi) is 4.84. The Labute approximate surface area is 128 Å². The SMILES string of the molecule is CC(=O)c1ccccc1NC(=O)/C(C#N)=C\c1ccccc1. The fraction of sp³-hybridized carbons (Fsp3) is 0.0556. The van der Waals surface area contributed by atoms with Crippen molar-refractivity contribution in [3.05, 3.63) is 71.3 Å². The first-order valence-electron chi connectivity index (χ1n) is 6.70. The summed E-state index contributed by atoms with van der Waals surface area (Å²) in [5.41, 5.74) is 1.54. The number of para-hydroxylation sites is 1. The van der Waals surface area contributed by atoms with E-state index in [0.717, 1.165) is 5.56 Å². The van der Waals surface area contributed by atoms with Crippen molar-refractivity contribution in [2.24, 2.45) is 0 Å². The summed E-state index contributed by atoms with van der Waals surface area (Å²) in [5, 5.41) is 11.8. The molecule has 0 atom stereocenters. The Bertz CT molecular complexity index is 771. The van der Waals surface area contributed by atoms with Gasteiger partial charge < -0.3 is 5.32 Å². The molecular weight excluding hydrogens is 276 g/mol. The van der Waals surface area contributed by atoms with Crippen LogP contribution in [0.3, 0.4) is 0 Å². The molecule has 0 bridgehead atoms. The molecule has 0 radical (unpaired) electrons. The van der Waals surface area contributed by atoms with Crippen LogP contribution < -0.4 is 5.32 Å². The van der Waals surface area contributed by atoms with Crippen LogP contribution in [0.4, 0.5) is 5.69 Å². The highest BCUT2D eigenvalue weighted by atomic mass is 16.2. The third kappa shape index (κ3) is 3.68. The molecule has 2 aromatic rings. The number of carbonyl (C=O) groups is 2. The van der Waals surface area contributed by atoms with Crippen molar-refractivity contribution < 1.29 is 9.59 Å². The van der Waals surface area contributed by atoms with Crippen molar-refractivity contribution in [1.82, 2.24) is 0 Å². The minimum absolute atomic E-state index is 0.0236. The topological polar surface area (TPSA) is 70.0 Å². The van der Waals surface area contributed by atoms with Crippen LogP contribution in [0.5, 0.6) is 0 Å². The first kappa shape index (κ1) is 15.2. The highest BCUT2D eigenvalue weighted by Gasteiger charge is 2.13. The van der Waals surface area contributed by atoms with Gasteiger partial charge in [0, 0.05) is 5.56 Å². The number of hydrogen-bond acceptors (Lipinski definition) is 3. The summed E-state index contributed by atoms with van der Waals surface area (Å²) in [6.45, 7) is 1.43. The lowest BCUT2D eigenvalue weighted by Crippen LogP contribution is -2.15. The number of benzene rings is 2. The average Bonchev–Trinajstić information content (AvgIpc) is 2.53. The Hall–Kier alpha value is -3.19. The summed E-state index contributed by atoms with van der Waals surface area (Å²) in [7, 11) is 0. The number of rotatable bonds is 4. The maximum Gasteiger partial charge on any atom is 0.266 e. The van der Waals surface area contributed by atoms with Crippen molar-refractivity contribution in [2.75, 3.05) is 5.32 Å². The van der Waals surface area contributed by atoms with Crippen LogP contribution in [0.25, 0.3) is 6.08 Å². The molecular formula is C18H14N2O2. The van der Waals surface area contributed by atoms with E-state index in [-0.39, 0.29) is 11.4 Å². The summed E-state index contributed by atoms with van der Waals surface area (Å²) in [4.78, 5) is 23.8. The molecule has 2 rings (SSSR count). The van der Waals surface area contributed by atoms with Gasteiger partial charge in [0.15, 0.2) is 5.78 Å². The molecule has 1 amide bonds. The number of nitrogens with zero attached hydrogens (tertiary/aromatic N) is 1. The van der Waals surface area contributed by atoms with E-state index in [2.05, 4.69) is 5.32 Å². The predicted molar refractivity (Wildman–Crippen MR) is 85.1 cm³/mol. The van der Waals surface area contributed by atoms with Crippen molar-refractivity contribution >= 4 is 23.5 Å². The number of Topliss-reactive ketones (excluding diaryl/α,β-unsaturated/α-hetero) is 1. The third-order valence-corrected chi connectivity index (χ3v) is 3.03. The Morgan fingerprint density at radius 2 is 1.68 bits per heavy atom. The Morgan fingerprint density at radius 3 is 2.32 bits per heavy atom. The Balaban J connectivity index is 2.27. The van der Waals surface area contributed by atoms with E-state index in [9.17, 15) is 9.59 Å². The van der Waals surface area contributed by atoms with Gasteiger partial charge in [-0.1, -0.05) is 42.5 Å². The smallest absolute Gasteiger partial charge is 0.266 e. The molecule has 1 N–H and O–H groups in total. The second-order valence-corrected chi connectivity index (χ2v) is 4.64. The molecule has 0 aromatic heterocycles. The summed E-state index contributed by atoms with van der Waals surface area (Å²) >= 11 is 0. The summed E-state index contributed by atoms with van der Waals surface area (Å²) < 4.78 is 0. The second-order valence-electron chi connectivity index (χ2n) is 4.64. The standard InChI is InChI=1S/C18H14N2O2/c1-13(21)16-9-5-6-10-17(16)20-18(22)15(12-19)11-14-7-3-2-4-8-14/h2-11H,1H3,(H,20,22)/b15-11-. The first-order valence-corrected chi connectivity index (χ1v) is 6.70. The van der Waals surface area contributed by atoms with Crippen molar-refractivity contribution in [3.63, 3.8) is 0 Å². The lowest BCUT2D eigenvalue weighted by Gasteiger charge is -2.08. The van der Waals surface area contributed by atoms with Crippen LogP contribution in [-0.4, -0.2) is 11.7 Å². The molecule has 0 unspecified atom stereocenters. The van der Waals surface area contributed by atoms with Crippen molar-refractivity contribution in [2.45, 2.75) is 6.92 Å². The molecule has 0 saturated carbocycles. The van der Waals surface area contributed by atoms with Gasteiger partial charge in [0.05, 0.1) is 5.69 Å².